The van der Waals surface area contributed by atoms with Gasteiger partial charge in [0.15, 0.2) is 0 Å². The fraction of sp³-hybridized carbons (Fsp3) is 0.889. The molecule has 1 aliphatic rings. The number of nitrogens with zero attached hydrogens (tertiary/aromatic N) is 1. The van der Waals surface area contributed by atoms with Crippen LogP contribution in [0, 0.1) is 0 Å². The number of alkyl halides is 1. The summed E-state index contributed by atoms with van der Waals surface area (Å²) in [6, 6.07) is 0. The second-order valence-electron chi connectivity index (χ2n) is 3.36. The van der Waals surface area contributed by atoms with Crippen LogP contribution in [0.1, 0.15) is 32.6 Å². The largest absolute Gasteiger partial charge is 0.342 e. The van der Waals surface area contributed by atoms with Crippen LogP contribution < -0.4 is 0 Å². The first-order chi connectivity index (χ1) is 5.72. The van der Waals surface area contributed by atoms with E-state index in [0.29, 0.717) is 0 Å². The van der Waals surface area contributed by atoms with E-state index in [1.54, 1.807) is 0 Å². The van der Waals surface area contributed by atoms with Crippen molar-refractivity contribution in [1.82, 2.24) is 4.90 Å². The lowest BCUT2D eigenvalue weighted by molar-refractivity contribution is -0.130. The fourth-order valence-corrected chi connectivity index (χ4v) is 1.83. The van der Waals surface area contributed by atoms with E-state index in [1.165, 1.54) is 25.7 Å². The van der Waals surface area contributed by atoms with Crippen molar-refractivity contribution in [3.05, 3.63) is 0 Å². The summed E-state index contributed by atoms with van der Waals surface area (Å²) in [6.07, 6.45) is 4.90. The molecule has 0 radical (unpaired) electrons. The van der Waals surface area contributed by atoms with Crippen molar-refractivity contribution >= 4 is 21.8 Å². The highest BCUT2D eigenvalue weighted by molar-refractivity contribution is 9.10. The highest BCUT2D eigenvalue weighted by Gasteiger charge is 2.18. The van der Waals surface area contributed by atoms with Gasteiger partial charge in [0, 0.05) is 13.1 Å². The summed E-state index contributed by atoms with van der Waals surface area (Å²) in [5, 5.41) is 0. The van der Waals surface area contributed by atoms with Gasteiger partial charge in [0.25, 0.3) is 0 Å². The second kappa shape index (κ2) is 4.85. The summed E-state index contributed by atoms with van der Waals surface area (Å²) in [6.45, 7) is 3.80. The normalized spacial score (nSPS) is 21.7. The quantitative estimate of drug-likeness (QED) is 0.637. The van der Waals surface area contributed by atoms with Crippen LogP contribution in [0.5, 0.6) is 0 Å². The van der Waals surface area contributed by atoms with E-state index in [2.05, 4.69) is 15.9 Å². The molecule has 1 saturated heterocycles. The molecule has 70 valence electrons. The molecular weight excluding hydrogens is 218 g/mol. The molecule has 3 heteroatoms. The zero-order valence-electron chi connectivity index (χ0n) is 7.55. The highest BCUT2D eigenvalue weighted by Crippen LogP contribution is 2.12. The predicted octanol–water partition coefficient (Wildman–Crippen LogP) is 2.17. The van der Waals surface area contributed by atoms with Crippen LogP contribution in [0.25, 0.3) is 0 Å². The molecule has 0 spiro atoms. The predicted molar refractivity (Wildman–Crippen MR) is 53.4 cm³/mol. The minimum Gasteiger partial charge on any atom is -0.342 e. The smallest absolute Gasteiger partial charge is 0.236 e. The van der Waals surface area contributed by atoms with Crippen LogP contribution in [0.15, 0.2) is 0 Å². The van der Waals surface area contributed by atoms with Crippen molar-refractivity contribution in [1.29, 1.82) is 0 Å². The molecule has 1 amide bonds. The molecule has 1 rings (SSSR count). The first kappa shape index (κ1) is 10.0. The lowest BCUT2D eigenvalue weighted by atomic mass is 10.2. The Kier molecular flexibility index (Phi) is 4.06. The molecule has 0 unspecified atom stereocenters. The van der Waals surface area contributed by atoms with E-state index in [-0.39, 0.29) is 10.7 Å². The number of carbonyl (C=O) groups excluding carboxylic acids is 1. The zero-order valence-corrected chi connectivity index (χ0v) is 9.14. The van der Waals surface area contributed by atoms with Crippen molar-refractivity contribution in [2.24, 2.45) is 0 Å². The average Bonchev–Trinajstić information content (AvgIpc) is 2.30. The summed E-state index contributed by atoms with van der Waals surface area (Å²) in [4.78, 5) is 13.5. The minimum absolute atomic E-state index is 0.0180. The molecule has 0 aliphatic carbocycles. The van der Waals surface area contributed by atoms with Crippen molar-refractivity contribution < 1.29 is 4.79 Å². The van der Waals surface area contributed by atoms with Gasteiger partial charge < -0.3 is 4.90 Å². The second-order valence-corrected chi connectivity index (χ2v) is 4.73. The van der Waals surface area contributed by atoms with Crippen LogP contribution in [0.2, 0.25) is 0 Å². The van der Waals surface area contributed by atoms with E-state index in [4.69, 9.17) is 0 Å². The van der Waals surface area contributed by atoms with Crippen LogP contribution in [0.3, 0.4) is 0 Å². The number of carbonyl (C=O) groups is 1. The molecule has 0 aromatic carbocycles. The molecule has 0 saturated carbocycles. The third-order valence-corrected chi connectivity index (χ3v) is 2.65. The molecule has 1 fully saturated rings. The van der Waals surface area contributed by atoms with Gasteiger partial charge in [0.2, 0.25) is 5.91 Å². The molecule has 2 nitrogen and oxygen atoms in total. The summed E-state index contributed by atoms with van der Waals surface area (Å²) in [7, 11) is 0. The van der Waals surface area contributed by atoms with E-state index < -0.39 is 0 Å². The van der Waals surface area contributed by atoms with E-state index in [0.717, 1.165) is 13.1 Å². The lowest BCUT2D eigenvalue weighted by Gasteiger charge is -2.21. The van der Waals surface area contributed by atoms with Gasteiger partial charge in [-0.25, -0.2) is 0 Å². The summed E-state index contributed by atoms with van der Waals surface area (Å²) in [5.74, 6) is 0.247. The number of hydrogen-bond donors (Lipinski definition) is 0. The topological polar surface area (TPSA) is 20.3 Å². The molecule has 0 N–H and O–H groups in total. The van der Waals surface area contributed by atoms with Crippen molar-refractivity contribution in [3.63, 3.8) is 0 Å². The van der Waals surface area contributed by atoms with Gasteiger partial charge in [-0.05, 0) is 19.8 Å². The van der Waals surface area contributed by atoms with E-state index in [9.17, 15) is 4.79 Å². The van der Waals surface area contributed by atoms with Gasteiger partial charge in [0.05, 0.1) is 4.83 Å². The Morgan fingerprint density at radius 1 is 1.25 bits per heavy atom. The van der Waals surface area contributed by atoms with Gasteiger partial charge >= 0.3 is 0 Å². The van der Waals surface area contributed by atoms with E-state index in [1.807, 2.05) is 11.8 Å². The van der Waals surface area contributed by atoms with Gasteiger partial charge in [-0.3, -0.25) is 4.79 Å². The van der Waals surface area contributed by atoms with Crippen LogP contribution >= 0.6 is 15.9 Å². The molecule has 1 heterocycles. The Balaban J connectivity index is 2.43. The average molecular weight is 234 g/mol. The lowest BCUT2D eigenvalue weighted by Crippen LogP contribution is -2.36. The first-order valence-corrected chi connectivity index (χ1v) is 5.56. The van der Waals surface area contributed by atoms with Crippen molar-refractivity contribution in [2.75, 3.05) is 13.1 Å². The minimum atomic E-state index is -0.0180. The van der Waals surface area contributed by atoms with Gasteiger partial charge in [-0.15, -0.1) is 0 Å². The maximum atomic E-state index is 11.5. The Labute approximate surface area is 82.4 Å². The molecule has 12 heavy (non-hydrogen) atoms. The standard InChI is InChI=1S/C9H16BrNO/c1-8(10)9(12)11-6-4-2-3-5-7-11/h8H,2-7H2,1H3/t8-/m1/s1. The summed E-state index contributed by atoms with van der Waals surface area (Å²) < 4.78 is 0. The Morgan fingerprint density at radius 3 is 2.17 bits per heavy atom. The number of likely N-dealkylation sites (tertiary alicyclic amines) is 1. The maximum absolute atomic E-state index is 11.5. The monoisotopic (exact) mass is 233 g/mol. The van der Waals surface area contributed by atoms with Gasteiger partial charge in [0.1, 0.15) is 0 Å². The Morgan fingerprint density at radius 2 is 1.75 bits per heavy atom. The third kappa shape index (κ3) is 2.77. The summed E-state index contributed by atoms with van der Waals surface area (Å²) >= 11 is 3.31. The third-order valence-electron chi connectivity index (χ3n) is 2.26. The summed E-state index contributed by atoms with van der Waals surface area (Å²) in [5.41, 5.74) is 0. The van der Waals surface area contributed by atoms with Crippen LogP contribution in [-0.4, -0.2) is 28.7 Å². The molecule has 1 atom stereocenters. The molecule has 1 aliphatic heterocycles. The number of rotatable bonds is 1. The van der Waals surface area contributed by atoms with Crippen LogP contribution in [-0.2, 0) is 4.79 Å². The number of hydrogen-bond acceptors (Lipinski definition) is 1. The van der Waals surface area contributed by atoms with E-state index >= 15 is 0 Å². The van der Waals surface area contributed by atoms with Gasteiger partial charge in [-0.1, -0.05) is 28.8 Å². The highest BCUT2D eigenvalue weighted by atomic mass is 79.9. The van der Waals surface area contributed by atoms with Crippen molar-refractivity contribution in [3.8, 4) is 0 Å². The van der Waals surface area contributed by atoms with Crippen LogP contribution in [0.4, 0.5) is 0 Å². The zero-order chi connectivity index (χ0) is 8.97. The Bertz CT molecular complexity index is 151. The SMILES string of the molecule is C[C@@H](Br)C(=O)N1CCCCCC1. The van der Waals surface area contributed by atoms with Gasteiger partial charge in [-0.2, -0.15) is 0 Å². The molecular formula is C9H16BrNO. The maximum Gasteiger partial charge on any atom is 0.236 e. The Hall–Kier alpha value is -0.0500. The molecule has 0 aromatic heterocycles. The van der Waals surface area contributed by atoms with Crippen molar-refractivity contribution in [2.45, 2.75) is 37.4 Å². The molecule has 0 aromatic rings. The molecule has 0 bridgehead atoms. The number of amides is 1. The first-order valence-electron chi connectivity index (χ1n) is 4.64. The number of halogens is 1. The fourth-order valence-electron chi connectivity index (χ4n) is 1.54.